The lowest BCUT2D eigenvalue weighted by Crippen LogP contribution is -1.98. The normalized spacial score (nSPS) is 10.7. The zero-order chi connectivity index (χ0) is 20.4. The molecule has 29 heavy (non-hydrogen) atoms. The van der Waals surface area contributed by atoms with Crippen LogP contribution in [0.1, 0.15) is 18.2 Å². The van der Waals surface area contributed by atoms with Gasteiger partial charge in [0.2, 0.25) is 5.88 Å². The molecule has 0 saturated carbocycles. The number of nitrogens with two attached hydrogens (primary N) is 1. The molecule has 0 radical (unpaired) electrons. The zero-order valence-electron chi connectivity index (χ0n) is 15.2. The molecule has 0 aliphatic carbocycles. The molecule has 0 saturated heterocycles. The summed E-state index contributed by atoms with van der Waals surface area (Å²) in [5, 5.41) is 9.83. The van der Waals surface area contributed by atoms with Gasteiger partial charge in [-0.05, 0) is 34.5 Å². The third-order valence-corrected chi connectivity index (χ3v) is 4.86. The third-order valence-electron chi connectivity index (χ3n) is 3.98. The topological polar surface area (TPSA) is 136 Å². The summed E-state index contributed by atoms with van der Waals surface area (Å²) < 4.78 is 12.5. The molecule has 4 rings (SSSR count). The van der Waals surface area contributed by atoms with Gasteiger partial charge in [-0.2, -0.15) is 15.2 Å². The maximum atomic E-state index is 9.18. The number of nitriles is 1. The maximum absolute atomic E-state index is 9.18. The number of ether oxygens (including phenoxy) is 2. The van der Waals surface area contributed by atoms with Crippen LogP contribution in [0.2, 0.25) is 0 Å². The highest BCUT2D eigenvalue weighted by Gasteiger charge is 2.19. The average molecular weight is 452 g/mol. The van der Waals surface area contributed by atoms with E-state index >= 15 is 0 Å². The average Bonchev–Trinajstić information content (AvgIpc) is 3.04. The van der Waals surface area contributed by atoms with Crippen LogP contribution < -0.4 is 15.2 Å². The largest absolute Gasteiger partial charge is 0.438 e. The molecule has 3 heterocycles. The van der Waals surface area contributed by atoms with Crippen molar-refractivity contribution < 1.29 is 9.47 Å². The first kappa shape index (κ1) is 18.6. The Labute approximate surface area is 173 Å². The van der Waals surface area contributed by atoms with Crippen LogP contribution in [0.5, 0.6) is 23.4 Å². The molecular formula is C19H14BrN7O2. The Morgan fingerprint density at radius 2 is 1.93 bits per heavy atom. The van der Waals surface area contributed by atoms with E-state index in [-0.39, 0.29) is 11.9 Å². The number of H-pyrrole nitrogens is 1. The predicted molar refractivity (Wildman–Crippen MR) is 109 cm³/mol. The molecule has 0 amide bonds. The number of fused-ring (bicyclic) bond motifs is 1. The van der Waals surface area contributed by atoms with Gasteiger partial charge in [-0.25, -0.2) is 9.97 Å². The molecule has 9 nitrogen and oxygen atoms in total. The van der Waals surface area contributed by atoms with Gasteiger partial charge >= 0.3 is 6.01 Å². The minimum atomic E-state index is 0.0584. The van der Waals surface area contributed by atoms with E-state index in [0.717, 1.165) is 16.6 Å². The lowest BCUT2D eigenvalue weighted by Gasteiger charge is -2.09. The molecule has 3 N–H and O–H groups in total. The molecule has 1 aromatic carbocycles. The number of halogens is 1. The summed E-state index contributed by atoms with van der Waals surface area (Å²) in [6.45, 7) is 2.01. The molecule has 4 aromatic rings. The quantitative estimate of drug-likeness (QED) is 0.432. The molecule has 0 bridgehead atoms. The van der Waals surface area contributed by atoms with Crippen LogP contribution in [0.3, 0.4) is 0 Å². The first-order valence-corrected chi connectivity index (χ1v) is 9.36. The van der Waals surface area contributed by atoms with Crippen molar-refractivity contribution in [3.8, 4) is 29.5 Å². The van der Waals surface area contributed by atoms with Gasteiger partial charge in [0.25, 0.3) is 0 Å². The van der Waals surface area contributed by atoms with E-state index in [9.17, 15) is 5.26 Å². The summed E-state index contributed by atoms with van der Waals surface area (Å²) in [6, 6.07) is 6.87. The molecule has 0 unspecified atom stereocenters. The van der Waals surface area contributed by atoms with Crippen molar-refractivity contribution in [1.29, 1.82) is 5.26 Å². The highest BCUT2D eigenvalue weighted by atomic mass is 79.9. The smallest absolute Gasteiger partial charge is 0.327 e. The summed E-state index contributed by atoms with van der Waals surface area (Å²) in [5.74, 6) is 1.01. The van der Waals surface area contributed by atoms with E-state index in [4.69, 9.17) is 15.2 Å². The SMILES string of the molecule is CCc1[nH]c2nc(Oc3cncnc3)nc(Oc3cc(N)cc(C#N)c3)c2c1Br. The van der Waals surface area contributed by atoms with Gasteiger partial charge < -0.3 is 20.2 Å². The lowest BCUT2D eigenvalue weighted by molar-refractivity contribution is 0.414. The van der Waals surface area contributed by atoms with Crippen LogP contribution in [0.25, 0.3) is 11.0 Å². The summed E-state index contributed by atoms with van der Waals surface area (Å²) >= 11 is 3.58. The van der Waals surface area contributed by atoms with Crippen molar-refractivity contribution in [2.45, 2.75) is 13.3 Å². The van der Waals surface area contributed by atoms with E-state index in [1.807, 2.05) is 6.92 Å². The van der Waals surface area contributed by atoms with E-state index in [1.54, 1.807) is 18.2 Å². The summed E-state index contributed by atoms with van der Waals surface area (Å²) in [7, 11) is 0. The summed E-state index contributed by atoms with van der Waals surface area (Å²) in [6.07, 6.45) is 5.14. The van der Waals surface area contributed by atoms with Gasteiger partial charge in [0.1, 0.15) is 17.7 Å². The van der Waals surface area contributed by atoms with Crippen LogP contribution in [0.4, 0.5) is 5.69 Å². The molecule has 0 atom stereocenters. The number of nitrogens with zero attached hydrogens (tertiary/aromatic N) is 5. The van der Waals surface area contributed by atoms with Crippen molar-refractivity contribution >= 4 is 32.7 Å². The first-order valence-electron chi connectivity index (χ1n) is 8.57. The molecule has 0 fully saturated rings. The maximum Gasteiger partial charge on any atom is 0.327 e. The fraction of sp³-hybridized carbons (Fsp3) is 0.105. The second-order valence-electron chi connectivity index (χ2n) is 5.99. The van der Waals surface area contributed by atoms with E-state index in [2.05, 4.69) is 46.9 Å². The summed E-state index contributed by atoms with van der Waals surface area (Å²) in [5.41, 5.74) is 8.13. The number of benzene rings is 1. The standard InChI is InChI=1S/C19H14BrN7O2/c1-2-14-16(20)15-17(25-14)26-19(29-13-7-23-9-24-8-13)27-18(15)28-12-4-10(6-21)3-11(22)5-12/h3-5,7-9H,2,22H2,1H3,(H,25,26,27). The number of anilines is 1. The Balaban J connectivity index is 1.83. The second-order valence-corrected chi connectivity index (χ2v) is 6.78. The monoisotopic (exact) mass is 451 g/mol. The second kappa shape index (κ2) is 7.73. The number of nitrogen functional groups attached to an aromatic ring is 1. The Bertz CT molecular complexity index is 1240. The van der Waals surface area contributed by atoms with Gasteiger partial charge in [0.15, 0.2) is 5.75 Å². The van der Waals surface area contributed by atoms with Gasteiger partial charge in [-0.15, -0.1) is 0 Å². The van der Waals surface area contributed by atoms with E-state index < -0.39 is 0 Å². The van der Waals surface area contributed by atoms with Crippen molar-refractivity contribution in [1.82, 2.24) is 24.9 Å². The number of rotatable bonds is 5. The third kappa shape index (κ3) is 3.81. The highest BCUT2D eigenvalue weighted by molar-refractivity contribution is 9.10. The van der Waals surface area contributed by atoms with Crippen LogP contribution >= 0.6 is 15.9 Å². The molecule has 10 heteroatoms. The van der Waals surface area contributed by atoms with Crippen LogP contribution in [-0.4, -0.2) is 24.9 Å². The number of hydrogen-bond acceptors (Lipinski definition) is 8. The van der Waals surface area contributed by atoms with Crippen LogP contribution in [0.15, 0.2) is 41.4 Å². The Morgan fingerprint density at radius 1 is 1.14 bits per heavy atom. The first-order chi connectivity index (χ1) is 14.1. The fourth-order valence-electron chi connectivity index (χ4n) is 2.72. The summed E-state index contributed by atoms with van der Waals surface area (Å²) in [4.78, 5) is 19.9. The molecule has 3 aromatic heterocycles. The Hall–Kier alpha value is -3.71. The minimum Gasteiger partial charge on any atom is -0.438 e. The molecule has 0 aliphatic rings. The van der Waals surface area contributed by atoms with Crippen LogP contribution in [-0.2, 0) is 6.42 Å². The highest BCUT2D eigenvalue weighted by Crippen LogP contribution is 2.37. The minimum absolute atomic E-state index is 0.0584. The number of aromatic amines is 1. The van der Waals surface area contributed by atoms with E-state index in [1.165, 1.54) is 18.7 Å². The zero-order valence-corrected chi connectivity index (χ0v) is 16.8. The van der Waals surface area contributed by atoms with E-state index in [0.29, 0.717) is 33.8 Å². The predicted octanol–water partition coefficient (Wildman–Crippen LogP) is 4.11. The molecule has 0 aliphatic heterocycles. The number of aromatic nitrogens is 5. The molecule has 144 valence electrons. The fourth-order valence-corrected chi connectivity index (χ4v) is 3.46. The van der Waals surface area contributed by atoms with Crippen molar-refractivity contribution in [3.63, 3.8) is 0 Å². The van der Waals surface area contributed by atoms with Gasteiger partial charge in [0, 0.05) is 17.4 Å². The van der Waals surface area contributed by atoms with Crippen molar-refractivity contribution in [2.75, 3.05) is 5.73 Å². The number of nitrogens with one attached hydrogen (secondary N) is 1. The van der Waals surface area contributed by atoms with Gasteiger partial charge in [0.05, 0.1) is 33.9 Å². The lowest BCUT2D eigenvalue weighted by atomic mass is 10.2. The van der Waals surface area contributed by atoms with Gasteiger partial charge in [-0.1, -0.05) is 6.92 Å². The Kier molecular flexibility index (Phi) is 4.97. The molecular weight excluding hydrogens is 438 g/mol. The van der Waals surface area contributed by atoms with Crippen molar-refractivity contribution in [3.05, 3.63) is 52.7 Å². The molecule has 0 spiro atoms. The van der Waals surface area contributed by atoms with Crippen molar-refractivity contribution in [2.24, 2.45) is 0 Å². The number of aryl methyl sites for hydroxylation is 1. The van der Waals surface area contributed by atoms with Crippen LogP contribution in [0, 0.1) is 11.3 Å². The van der Waals surface area contributed by atoms with Gasteiger partial charge in [-0.3, -0.25) is 0 Å². The number of hydrogen-bond donors (Lipinski definition) is 2. The Morgan fingerprint density at radius 3 is 2.66 bits per heavy atom.